The fourth-order valence-electron chi connectivity index (χ4n) is 3.19. The standard InChI is InChI=1S/C24H18O4/c1-14-6-10-16(11-7-14)22(26)21-23(27)20-18(25)4-3-5-19(20)28-24(21)17-12-8-15(2)9-13-17/h3-13,25H,1-2H3. The predicted molar refractivity (Wildman–Crippen MR) is 109 cm³/mol. The van der Waals surface area contributed by atoms with Crippen molar-refractivity contribution in [1.82, 2.24) is 0 Å². The largest absolute Gasteiger partial charge is 0.507 e. The van der Waals surface area contributed by atoms with Gasteiger partial charge in [-0.05, 0) is 26.0 Å². The Labute approximate surface area is 161 Å². The van der Waals surface area contributed by atoms with Crippen LogP contribution in [0.1, 0.15) is 27.0 Å². The zero-order chi connectivity index (χ0) is 19.8. The third-order valence-electron chi connectivity index (χ3n) is 4.75. The minimum atomic E-state index is -0.541. The molecule has 0 aliphatic heterocycles. The molecule has 0 amide bonds. The maximum atomic E-state index is 13.3. The van der Waals surface area contributed by atoms with Crippen LogP contribution in [0.4, 0.5) is 0 Å². The van der Waals surface area contributed by atoms with Gasteiger partial charge in [-0.2, -0.15) is 0 Å². The van der Waals surface area contributed by atoms with Gasteiger partial charge in [0.05, 0.1) is 0 Å². The van der Waals surface area contributed by atoms with Gasteiger partial charge < -0.3 is 9.52 Å². The summed E-state index contributed by atoms with van der Waals surface area (Å²) in [5, 5.41) is 10.2. The molecule has 0 spiro atoms. The van der Waals surface area contributed by atoms with Crippen molar-refractivity contribution < 1.29 is 14.3 Å². The van der Waals surface area contributed by atoms with E-state index in [4.69, 9.17) is 4.42 Å². The van der Waals surface area contributed by atoms with E-state index in [1.165, 1.54) is 6.07 Å². The normalized spacial score (nSPS) is 10.9. The average molecular weight is 370 g/mol. The topological polar surface area (TPSA) is 67.5 Å². The summed E-state index contributed by atoms with van der Waals surface area (Å²) in [5.74, 6) is -0.442. The molecule has 1 heterocycles. The fourth-order valence-corrected chi connectivity index (χ4v) is 3.19. The molecular weight excluding hydrogens is 352 g/mol. The molecule has 0 atom stereocenters. The Morgan fingerprint density at radius 3 is 2.11 bits per heavy atom. The molecular formula is C24H18O4. The summed E-state index contributed by atoms with van der Waals surface area (Å²) in [6.45, 7) is 3.88. The van der Waals surface area contributed by atoms with Gasteiger partial charge in [0.15, 0.2) is 0 Å². The number of rotatable bonds is 3. The molecule has 3 aromatic carbocycles. The van der Waals surface area contributed by atoms with Crippen LogP contribution in [0.2, 0.25) is 0 Å². The summed E-state index contributed by atoms with van der Waals surface area (Å²) in [7, 11) is 0. The van der Waals surface area contributed by atoms with Crippen molar-refractivity contribution in [2.45, 2.75) is 13.8 Å². The Morgan fingerprint density at radius 1 is 0.857 bits per heavy atom. The Kier molecular flexibility index (Phi) is 4.32. The van der Waals surface area contributed by atoms with Gasteiger partial charge in [0.25, 0.3) is 0 Å². The molecule has 0 aliphatic carbocycles. The number of ketones is 1. The molecule has 28 heavy (non-hydrogen) atoms. The molecule has 0 saturated carbocycles. The monoisotopic (exact) mass is 370 g/mol. The zero-order valence-corrected chi connectivity index (χ0v) is 15.5. The number of benzene rings is 3. The first kappa shape index (κ1) is 17.7. The van der Waals surface area contributed by atoms with Crippen molar-refractivity contribution in [2.24, 2.45) is 0 Å². The second-order valence-electron chi connectivity index (χ2n) is 6.85. The minimum absolute atomic E-state index is 0.00817. The quantitative estimate of drug-likeness (QED) is 0.515. The lowest BCUT2D eigenvalue weighted by Crippen LogP contribution is -2.18. The highest BCUT2D eigenvalue weighted by Gasteiger charge is 2.24. The van der Waals surface area contributed by atoms with Crippen molar-refractivity contribution >= 4 is 16.8 Å². The summed E-state index contributed by atoms with van der Waals surface area (Å²) >= 11 is 0. The lowest BCUT2D eigenvalue weighted by atomic mass is 9.96. The Bertz CT molecular complexity index is 1250. The van der Waals surface area contributed by atoms with Crippen molar-refractivity contribution in [2.75, 3.05) is 0 Å². The maximum absolute atomic E-state index is 13.3. The molecule has 4 rings (SSSR count). The molecule has 0 saturated heterocycles. The number of fused-ring (bicyclic) bond motifs is 1. The third-order valence-corrected chi connectivity index (χ3v) is 4.75. The van der Waals surface area contributed by atoms with Crippen LogP contribution in [0.5, 0.6) is 5.75 Å². The van der Waals surface area contributed by atoms with Crippen LogP contribution in [0.3, 0.4) is 0 Å². The molecule has 4 heteroatoms. The Balaban J connectivity index is 2.05. The number of hydrogen-bond acceptors (Lipinski definition) is 4. The highest BCUT2D eigenvalue weighted by atomic mass is 16.3. The summed E-state index contributed by atoms with van der Waals surface area (Å²) in [6.07, 6.45) is 0. The number of phenolic OH excluding ortho intramolecular Hbond substituents is 1. The first-order chi connectivity index (χ1) is 13.5. The van der Waals surface area contributed by atoms with E-state index in [-0.39, 0.29) is 28.0 Å². The van der Waals surface area contributed by atoms with Crippen LogP contribution < -0.4 is 5.43 Å². The van der Waals surface area contributed by atoms with E-state index < -0.39 is 11.2 Å². The summed E-state index contributed by atoms with van der Waals surface area (Å²) < 4.78 is 5.97. The van der Waals surface area contributed by atoms with Gasteiger partial charge in [-0.1, -0.05) is 65.7 Å². The van der Waals surface area contributed by atoms with E-state index >= 15 is 0 Å². The molecule has 138 valence electrons. The molecule has 0 aliphatic rings. The minimum Gasteiger partial charge on any atom is -0.507 e. The zero-order valence-electron chi connectivity index (χ0n) is 15.5. The second kappa shape index (κ2) is 6.82. The number of carbonyl (C=O) groups excluding carboxylic acids is 1. The number of aromatic hydroxyl groups is 1. The third kappa shape index (κ3) is 2.99. The highest BCUT2D eigenvalue weighted by molar-refractivity contribution is 6.13. The van der Waals surface area contributed by atoms with Gasteiger partial charge in [0.1, 0.15) is 28.0 Å². The molecule has 0 fully saturated rings. The SMILES string of the molecule is Cc1ccc(C(=O)c2c(-c3ccc(C)cc3)oc3cccc(O)c3c2=O)cc1. The van der Waals surface area contributed by atoms with Gasteiger partial charge in [-0.25, -0.2) is 0 Å². The van der Waals surface area contributed by atoms with E-state index in [1.54, 1.807) is 24.3 Å². The smallest absolute Gasteiger partial charge is 0.208 e. The fraction of sp³-hybridized carbons (Fsp3) is 0.0833. The van der Waals surface area contributed by atoms with Crippen LogP contribution in [-0.4, -0.2) is 10.9 Å². The van der Waals surface area contributed by atoms with Crippen molar-refractivity contribution in [3.05, 3.63) is 99.2 Å². The molecule has 1 aromatic heterocycles. The van der Waals surface area contributed by atoms with Crippen LogP contribution in [0.15, 0.2) is 75.9 Å². The van der Waals surface area contributed by atoms with Crippen molar-refractivity contribution in [3.8, 4) is 17.1 Å². The molecule has 4 nitrogen and oxygen atoms in total. The van der Waals surface area contributed by atoms with Gasteiger partial charge in [0, 0.05) is 11.1 Å². The van der Waals surface area contributed by atoms with Crippen LogP contribution in [0, 0.1) is 13.8 Å². The number of hydrogen-bond donors (Lipinski definition) is 1. The second-order valence-corrected chi connectivity index (χ2v) is 6.85. The summed E-state index contributed by atoms with van der Waals surface area (Å²) in [6, 6.07) is 19.0. The highest BCUT2D eigenvalue weighted by Crippen LogP contribution is 2.30. The van der Waals surface area contributed by atoms with E-state index in [1.807, 2.05) is 50.2 Å². The number of phenols is 1. The van der Waals surface area contributed by atoms with E-state index in [9.17, 15) is 14.7 Å². The summed E-state index contributed by atoms with van der Waals surface area (Å²) in [4.78, 5) is 26.5. The molecule has 1 N–H and O–H groups in total. The number of aryl methyl sites for hydroxylation is 2. The Hall–Kier alpha value is -3.66. The van der Waals surface area contributed by atoms with Crippen molar-refractivity contribution in [1.29, 1.82) is 0 Å². The average Bonchev–Trinajstić information content (AvgIpc) is 2.68. The van der Waals surface area contributed by atoms with Gasteiger partial charge in [-0.3, -0.25) is 9.59 Å². The lowest BCUT2D eigenvalue weighted by molar-refractivity contribution is 0.103. The molecule has 4 aromatic rings. The first-order valence-electron chi connectivity index (χ1n) is 8.93. The molecule has 0 bridgehead atoms. The van der Waals surface area contributed by atoms with Crippen molar-refractivity contribution in [3.63, 3.8) is 0 Å². The van der Waals surface area contributed by atoms with Crippen LogP contribution >= 0.6 is 0 Å². The lowest BCUT2D eigenvalue weighted by Gasteiger charge is -2.11. The van der Waals surface area contributed by atoms with Gasteiger partial charge in [-0.15, -0.1) is 0 Å². The van der Waals surface area contributed by atoms with Crippen LogP contribution in [-0.2, 0) is 0 Å². The summed E-state index contributed by atoms with van der Waals surface area (Å²) in [5.41, 5.74) is 2.70. The van der Waals surface area contributed by atoms with Gasteiger partial charge in [0.2, 0.25) is 11.2 Å². The van der Waals surface area contributed by atoms with Crippen LogP contribution in [0.25, 0.3) is 22.3 Å². The number of carbonyl (C=O) groups is 1. The van der Waals surface area contributed by atoms with E-state index in [0.29, 0.717) is 11.1 Å². The predicted octanol–water partition coefficient (Wildman–Crippen LogP) is 5.01. The molecule has 0 radical (unpaired) electrons. The Morgan fingerprint density at radius 2 is 1.46 bits per heavy atom. The first-order valence-corrected chi connectivity index (χ1v) is 8.93. The van der Waals surface area contributed by atoms with E-state index in [2.05, 4.69) is 0 Å². The van der Waals surface area contributed by atoms with E-state index in [0.717, 1.165) is 11.1 Å². The maximum Gasteiger partial charge on any atom is 0.208 e. The molecule has 0 unspecified atom stereocenters. The van der Waals surface area contributed by atoms with Gasteiger partial charge >= 0.3 is 0 Å².